The van der Waals surface area contributed by atoms with E-state index in [1.165, 1.54) is 25.9 Å². The number of hydrogen-bond donors (Lipinski definition) is 1. The summed E-state index contributed by atoms with van der Waals surface area (Å²) in [7, 11) is 0. The quantitative estimate of drug-likeness (QED) is 0.909. The fraction of sp³-hybridized carbons (Fsp3) is 0.733. The van der Waals surface area contributed by atoms with E-state index in [9.17, 15) is 4.79 Å². The van der Waals surface area contributed by atoms with Crippen molar-refractivity contribution in [3.05, 3.63) is 11.1 Å². The van der Waals surface area contributed by atoms with Gasteiger partial charge in [-0.3, -0.25) is 0 Å². The van der Waals surface area contributed by atoms with Crippen LogP contribution in [0.4, 0.5) is 9.93 Å². The maximum Gasteiger partial charge on any atom is 0.317 e. The van der Waals surface area contributed by atoms with Gasteiger partial charge in [0.15, 0.2) is 5.13 Å². The van der Waals surface area contributed by atoms with Gasteiger partial charge >= 0.3 is 6.03 Å². The molecule has 22 heavy (non-hydrogen) atoms. The van der Waals surface area contributed by atoms with Crippen LogP contribution in [0.15, 0.2) is 5.38 Å². The lowest BCUT2D eigenvalue weighted by Crippen LogP contribution is -2.52. The summed E-state index contributed by atoms with van der Waals surface area (Å²) in [4.78, 5) is 23.3. The maximum atomic E-state index is 12.2. The molecule has 2 aliphatic rings. The van der Waals surface area contributed by atoms with Crippen LogP contribution in [0.2, 0.25) is 0 Å². The molecule has 0 aliphatic carbocycles. The zero-order valence-corrected chi connectivity index (χ0v) is 14.1. The van der Waals surface area contributed by atoms with Crippen molar-refractivity contribution in [1.82, 2.24) is 20.1 Å². The van der Waals surface area contributed by atoms with Crippen LogP contribution >= 0.6 is 11.3 Å². The Labute approximate surface area is 136 Å². The number of piperazine rings is 1. The van der Waals surface area contributed by atoms with Gasteiger partial charge in [-0.2, -0.15) is 0 Å². The molecule has 0 atom stereocenters. The molecule has 0 radical (unpaired) electrons. The number of carbonyl (C=O) groups excluding carboxylic acids is 1. The number of carbonyl (C=O) groups is 1. The van der Waals surface area contributed by atoms with Gasteiger partial charge < -0.3 is 20.0 Å². The lowest BCUT2D eigenvalue weighted by atomic mass is 10.3. The minimum absolute atomic E-state index is 0.0779. The number of likely N-dealkylation sites (tertiary alicyclic amines) is 1. The van der Waals surface area contributed by atoms with Gasteiger partial charge in [-0.15, -0.1) is 11.3 Å². The fourth-order valence-corrected chi connectivity index (χ4v) is 3.88. The molecule has 0 bridgehead atoms. The van der Waals surface area contributed by atoms with E-state index in [1.54, 1.807) is 11.3 Å². The first-order chi connectivity index (χ1) is 10.7. The van der Waals surface area contributed by atoms with Gasteiger partial charge in [0.1, 0.15) is 0 Å². The van der Waals surface area contributed by atoms with E-state index >= 15 is 0 Å². The second-order valence-corrected chi connectivity index (χ2v) is 6.86. The molecule has 2 fully saturated rings. The number of aromatic nitrogens is 1. The van der Waals surface area contributed by atoms with E-state index in [-0.39, 0.29) is 6.03 Å². The third-order valence-electron chi connectivity index (χ3n) is 4.35. The van der Waals surface area contributed by atoms with Gasteiger partial charge in [-0.25, -0.2) is 9.78 Å². The molecule has 0 unspecified atom stereocenters. The highest BCUT2D eigenvalue weighted by Gasteiger charge is 2.22. The van der Waals surface area contributed by atoms with Crippen LogP contribution < -0.4 is 10.2 Å². The van der Waals surface area contributed by atoms with Crippen molar-refractivity contribution < 1.29 is 4.79 Å². The molecule has 2 saturated heterocycles. The number of urea groups is 1. The third-order valence-corrected chi connectivity index (χ3v) is 5.37. The molecule has 1 aromatic heterocycles. The van der Waals surface area contributed by atoms with Gasteiger partial charge in [0.2, 0.25) is 0 Å². The monoisotopic (exact) mass is 323 g/mol. The molecule has 0 saturated carbocycles. The number of nitrogens with zero attached hydrogens (tertiary/aromatic N) is 4. The van der Waals surface area contributed by atoms with Crippen molar-refractivity contribution in [1.29, 1.82) is 0 Å². The van der Waals surface area contributed by atoms with E-state index in [2.05, 4.69) is 25.5 Å². The Morgan fingerprint density at radius 1 is 1.23 bits per heavy atom. The zero-order valence-electron chi connectivity index (χ0n) is 13.3. The van der Waals surface area contributed by atoms with Crippen molar-refractivity contribution in [3.63, 3.8) is 0 Å². The maximum absolute atomic E-state index is 12.2. The van der Waals surface area contributed by atoms with E-state index in [0.29, 0.717) is 0 Å². The molecule has 3 heterocycles. The molecule has 122 valence electrons. The molecule has 2 amide bonds. The summed E-state index contributed by atoms with van der Waals surface area (Å²) < 4.78 is 0. The molecular formula is C15H25N5OS. The minimum Gasteiger partial charge on any atom is -0.345 e. The number of anilines is 1. The van der Waals surface area contributed by atoms with E-state index in [0.717, 1.165) is 50.1 Å². The first kappa shape index (κ1) is 15.6. The largest absolute Gasteiger partial charge is 0.345 e. The molecule has 3 rings (SSSR count). The van der Waals surface area contributed by atoms with Crippen LogP contribution in [-0.4, -0.2) is 73.2 Å². The number of rotatable bonds is 4. The SMILES string of the molecule is Cc1csc(N2CCN(C(=O)NCCN3CCCC3)CC2)n1. The Balaban J connectivity index is 1.38. The summed E-state index contributed by atoms with van der Waals surface area (Å²) in [6.45, 7) is 9.39. The second-order valence-electron chi connectivity index (χ2n) is 6.03. The highest BCUT2D eigenvalue weighted by atomic mass is 32.1. The predicted octanol–water partition coefficient (Wildman–Crippen LogP) is 1.38. The summed E-state index contributed by atoms with van der Waals surface area (Å²) in [6.07, 6.45) is 2.60. The second kappa shape index (κ2) is 7.28. The first-order valence-electron chi connectivity index (χ1n) is 8.14. The Morgan fingerprint density at radius 3 is 2.59 bits per heavy atom. The van der Waals surface area contributed by atoms with E-state index < -0.39 is 0 Å². The van der Waals surface area contributed by atoms with Crippen LogP contribution in [0.1, 0.15) is 18.5 Å². The number of amides is 2. The van der Waals surface area contributed by atoms with Crippen molar-refractivity contribution in [2.75, 3.05) is 57.3 Å². The van der Waals surface area contributed by atoms with Gasteiger partial charge in [0, 0.05) is 44.6 Å². The zero-order chi connectivity index (χ0) is 15.4. The summed E-state index contributed by atoms with van der Waals surface area (Å²) in [6, 6.07) is 0.0779. The highest BCUT2D eigenvalue weighted by Crippen LogP contribution is 2.21. The summed E-state index contributed by atoms with van der Waals surface area (Å²) in [5.41, 5.74) is 1.07. The summed E-state index contributed by atoms with van der Waals surface area (Å²) in [5.74, 6) is 0. The predicted molar refractivity (Wildman–Crippen MR) is 89.7 cm³/mol. The smallest absolute Gasteiger partial charge is 0.317 e. The number of nitrogens with one attached hydrogen (secondary N) is 1. The Bertz CT molecular complexity index is 492. The number of aryl methyl sites for hydroxylation is 1. The van der Waals surface area contributed by atoms with Crippen molar-refractivity contribution in [3.8, 4) is 0 Å². The van der Waals surface area contributed by atoms with Crippen molar-refractivity contribution >= 4 is 22.5 Å². The van der Waals surface area contributed by atoms with Gasteiger partial charge in [0.25, 0.3) is 0 Å². The summed E-state index contributed by atoms with van der Waals surface area (Å²) in [5, 5.41) is 6.20. The van der Waals surface area contributed by atoms with Crippen LogP contribution in [0.3, 0.4) is 0 Å². The number of hydrogen-bond acceptors (Lipinski definition) is 5. The summed E-state index contributed by atoms with van der Waals surface area (Å²) >= 11 is 1.68. The van der Waals surface area contributed by atoms with Crippen molar-refractivity contribution in [2.45, 2.75) is 19.8 Å². The fourth-order valence-electron chi connectivity index (χ4n) is 3.03. The number of thiazole rings is 1. The Hall–Kier alpha value is -1.34. The van der Waals surface area contributed by atoms with Crippen LogP contribution in [0.5, 0.6) is 0 Å². The molecule has 7 heteroatoms. The van der Waals surface area contributed by atoms with Crippen molar-refractivity contribution in [2.24, 2.45) is 0 Å². The topological polar surface area (TPSA) is 51.7 Å². The van der Waals surface area contributed by atoms with Gasteiger partial charge in [0.05, 0.1) is 5.69 Å². The molecule has 1 N–H and O–H groups in total. The molecule has 6 nitrogen and oxygen atoms in total. The minimum atomic E-state index is 0.0779. The molecule has 0 spiro atoms. The Kier molecular flexibility index (Phi) is 5.15. The lowest BCUT2D eigenvalue weighted by molar-refractivity contribution is 0.192. The first-order valence-corrected chi connectivity index (χ1v) is 9.02. The van der Waals surface area contributed by atoms with E-state index in [4.69, 9.17) is 0 Å². The third kappa shape index (κ3) is 3.89. The van der Waals surface area contributed by atoms with E-state index in [1.807, 2.05) is 11.8 Å². The molecule has 1 aromatic rings. The molecule has 0 aromatic carbocycles. The van der Waals surface area contributed by atoms with Gasteiger partial charge in [-0.05, 0) is 32.9 Å². The highest BCUT2D eigenvalue weighted by molar-refractivity contribution is 7.13. The normalized spacial score (nSPS) is 19.7. The average molecular weight is 323 g/mol. The molecule has 2 aliphatic heterocycles. The van der Waals surface area contributed by atoms with Crippen LogP contribution in [-0.2, 0) is 0 Å². The van der Waals surface area contributed by atoms with Crippen LogP contribution in [0.25, 0.3) is 0 Å². The standard InChI is InChI=1S/C15H25N5OS/c1-13-12-22-15(17-13)20-10-8-19(9-11-20)14(21)16-4-7-18-5-2-3-6-18/h12H,2-11H2,1H3,(H,16,21). The van der Waals surface area contributed by atoms with Crippen LogP contribution in [0, 0.1) is 6.92 Å². The molecular weight excluding hydrogens is 298 g/mol. The average Bonchev–Trinajstić information content (AvgIpc) is 3.19. The van der Waals surface area contributed by atoms with Gasteiger partial charge in [-0.1, -0.05) is 0 Å². The lowest BCUT2D eigenvalue weighted by Gasteiger charge is -2.34. The Morgan fingerprint density at radius 2 is 1.95 bits per heavy atom.